The summed E-state index contributed by atoms with van der Waals surface area (Å²) in [5.41, 5.74) is 0.729. The van der Waals surface area contributed by atoms with Gasteiger partial charge in [0.25, 0.3) is 11.8 Å². The molecule has 1 unspecified atom stereocenters. The van der Waals surface area contributed by atoms with Gasteiger partial charge in [-0.2, -0.15) is 0 Å². The number of amides is 3. The van der Waals surface area contributed by atoms with Crippen LogP contribution in [0, 0.1) is 11.7 Å². The minimum atomic E-state index is -0.728. The maximum atomic E-state index is 13.5. The normalized spacial score (nSPS) is 15.1. The average molecular weight is 456 g/mol. The summed E-state index contributed by atoms with van der Waals surface area (Å²) in [6.45, 7) is 4.56. The molecule has 0 aromatic heterocycles. The molecule has 2 aromatic rings. The molecule has 0 bridgehead atoms. The van der Waals surface area contributed by atoms with Crippen LogP contribution >= 0.6 is 0 Å². The molecule has 0 radical (unpaired) electrons. The zero-order valence-corrected chi connectivity index (χ0v) is 19.1. The summed E-state index contributed by atoms with van der Waals surface area (Å²) >= 11 is 0. The van der Waals surface area contributed by atoms with E-state index in [-0.39, 0.29) is 29.7 Å². The third-order valence-electron chi connectivity index (χ3n) is 5.72. The lowest BCUT2D eigenvalue weighted by molar-refractivity contribution is -0.125. The third kappa shape index (κ3) is 6.31. The highest BCUT2D eigenvalue weighted by atomic mass is 19.1. The molecule has 0 saturated carbocycles. The van der Waals surface area contributed by atoms with Crippen LogP contribution in [0.1, 0.15) is 47.4 Å². The van der Waals surface area contributed by atoms with Gasteiger partial charge in [0.05, 0.1) is 7.11 Å². The fraction of sp³-hybridized carbons (Fsp3) is 0.400. The summed E-state index contributed by atoms with van der Waals surface area (Å²) in [7, 11) is 1.55. The highest BCUT2D eigenvalue weighted by molar-refractivity contribution is 5.98. The number of nitrogens with zero attached hydrogens (tertiary/aromatic N) is 1. The van der Waals surface area contributed by atoms with Crippen LogP contribution in [0.15, 0.2) is 48.5 Å². The van der Waals surface area contributed by atoms with Crippen LogP contribution < -0.4 is 15.4 Å². The van der Waals surface area contributed by atoms with E-state index in [0.29, 0.717) is 42.8 Å². The molecule has 7 nitrogen and oxygen atoms in total. The SMILES string of the molecule is COc1ccc(C(=O)NC(C(=O)NC(C)C)C2CCN(C(=O)c3cccc(F)c3)CC2)cc1. The van der Waals surface area contributed by atoms with Crippen molar-refractivity contribution in [3.05, 3.63) is 65.5 Å². The van der Waals surface area contributed by atoms with E-state index < -0.39 is 11.9 Å². The lowest BCUT2D eigenvalue weighted by atomic mass is 9.88. The monoisotopic (exact) mass is 455 g/mol. The van der Waals surface area contributed by atoms with Gasteiger partial charge in [-0.15, -0.1) is 0 Å². The first-order valence-electron chi connectivity index (χ1n) is 11.1. The Labute approximate surface area is 193 Å². The largest absolute Gasteiger partial charge is 0.497 e. The van der Waals surface area contributed by atoms with Gasteiger partial charge in [-0.25, -0.2) is 4.39 Å². The van der Waals surface area contributed by atoms with Crippen molar-refractivity contribution in [3.63, 3.8) is 0 Å². The van der Waals surface area contributed by atoms with E-state index in [9.17, 15) is 18.8 Å². The lowest BCUT2D eigenvalue weighted by Gasteiger charge is -2.36. The number of carbonyl (C=O) groups excluding carboxylic acids is 3. The summed E-state index contributed by atoms with van der Waals surface area (Å²) in [5, 5.41) is 5.77. The number of rotatable bonds is 7. The number of nitrogens with one attached hydrogen (secondary N) is 2. The number of likely N-dealkylation sites (tertiary alicyclic amines) is 1. The predicted octanol–water partition coefficient (Wildman–Crippen LogP) is 3.01. The van der Waals surface area contributed by atoms with Gasteiger partial charge in [0.2, 0.25) is 5.91 Å². The number of methoxy groups -OCH3 is 1. The van der Waals surface area contributed by atoms with Crippen molar-refractivity contribution in [3.8, 4) is 5.75 Å². The molecular weight excluding hydrogens is 425 g/mol. The van der Waals surface area contributed by atoms with Crippen LogP contribution in [0.2, 0.25) is 0 Å². The summed E-state index contributed by atoms with van der Waals surface area (Å²) in [6, 6.07) is 11.5. The van der Waals surface area contributed by atoms with Gasteiger partial charge in [-0.1, -0.05) is 6.07 Å². The summed E-state index contributed by atoms with van der Waals surface area (Å²) in [5.74, 6) is -0.791. The number of piperidine rings is 1. The van der Waals surface area contributed by atoms with Gasteiger partial charge in [0.15, 0.2) is 0 Å². The highest BCUT2D eigenvalue weighted by Crippen LogP contribution is 2.23. The van der Waals surface area contributed by atoms with Crippen LogP contribution in [-0.4, -0.2) is 54.9 Å². The molecule has 1 fully saturated rings. The van der Waals surface area contributed by atoms with Crippen LogP contribution in [0.4, 0.5) is 4.39 Å². The van der Waals surface area contributed by atoms with Gasteiger partial charge >= 0.3 is 0 Å². The Morgan fingerprint density at radius 2 is 1.67 bits per heavy atom. The standard InChI is InChI=1S/C25H30FN3O4/c1-16(2)27-24(31)22(28-23(30)18-7-9-21(33-3)10-8-18)17-11-13-29(14-12-17)25(32)19-5-4-6-20(26)15-19/h4-10,15-17,22H,11-14H2,1-3H3,(H,27,31)(H,28,30). The van der Waals surface area contributed by atoms with E-state index in [1.54, 1.807) is 42.3 Å². The predicted molar refractivity (Wildman–Crippen MR) is 123 cm³/mol. The van der Waals surface area contributed by atoms with Crippen LogP contribution in [0.3, 0.4) is 0 Å². The molecule has 33 heavy (non-hydrogen) atoms. The van der Waals surface area contributed by atoms with E-state index in [4.69, 9.17) is 4.74 Å². The van der Waals surface area contributed by atoms with Crippen molar-refractivity contribution in [1.29, 1.82) is 0 Å². The molecule has 3 rings (SSSR count). The van der Waals surface area contributed by atoms with Crippen LogP contribution in [0.25, 0.3) is 0 Å². The molecule has 176 valence electrons. The van der Waals surface area contributed by atoms with Crippen molar-refractivity contribution in [2.45, 2.75) is 38.8 Å². The summed E-state index contributed by atoms with van der Waals surface area (Å²) in [6.07, 6.45) is 1.08. The Morgan fingerprint density at radius 3 is 2.24 bits per heavy atom. The van der Waals surface area contributed by atoms with E-state index in [2.05, 4.69) is 10.6 Å². The van der Waals surface area contributed by atoms with E-state index in [1.165, 1.54) is 18.2 Å². The van der Waals surface area contributed by atoms with Crippen molar-refractivity contribution >= 4 is 17.7 Å². The topological polar surface area (TPSA) is 87.7 Å². The molecule has 0 spiro atoms. The molecule has 1 heterocycles. The van der Waals surface area contributed by atoms with Gasteiger partial charge in [-0.3, -0.25) is 14.4 Å². The second kappa shape index (κ2) is 10.9. The first-order chi connectivity index (χ1) is 15.8. The number of hydrogen-bond donors (Lipinski definition) is 2. The van der Waals surface area contributed by atoms with Crippen molar-refractivity contribution < 1.29 is 23.5 Å². The fourth-order valence-corrected chi connectivity index (χ4v) is 3.98. The Bertz CT molecular complexity index is 985. The minimum absolute atomic E-state index is 0.0764. The fourth-order valence-electron chi connectivity index (χ4n) is 3.98. The molecule has 8 heteroatoms. The smallest absolute Gasteiger partial charge is 0.253 e. The molecule has 0 aliphatic carbocycles. The zero-order chi connectivity index (χ0) is 24.0. The van der Waals surface area contributed by atoms with Gasteiger partial charge in [-0.05, 0) is 75.1 Å². The van der Waals surface area contributed by atoms with Gasteiger partial charge in [0.1, 0.15) is 17.6 Å². The summed E-state index contributed by atoms with van der Waals surface area (Å²) < 4.78 is 18.6. The summed E-state index contributed by atoms with van der Waals surface area (Å²) in [4.78, 5) is 40.2. The second-order valence-electron chi connectivity index (χ2n) is 8.48. The quantitative estimate of drug-likeness (QED) is 0.672. The molecule has 1 atom stereocenters. The number of benzene rings is 2. The molecule has 1 aliphatic heterocycles. The van der Waals surface area contributed by atoms with Gasteiger partial charge in [0, 0.05) is 30.3 Å². The van der Waals surface area contributed by atoms with E-state index in [0.717, 1.165) is 0 Å². The lowest BCUT2D eigenvalue weighted by Crippen LogP contribution is -2.54. The second-order valence-corrected chi connectivity index (χ2v) is 8.48. The number of ether oxygens (including phenoxy) is 1. The Balaban J connectivity index is 1.69. The Morgan fingerprint density at radius 1 is 1.00 bits per heavy atom. The first-order valence-corrected chi connectivity index (χ1v) is 11.1. The van der Waals surface area contributed by atoms with Crippen LogP contribution in [-0.2, 0) is 4.79 Å². The highest BCUT2D eigenvalue weighted by Gasteiger charge is 2.34. The van der Waals surface area contributed by atoms with Crippen molar-refractivity contribution in [2.75, 3.05) is 20.2 Å². The number of carbonyl (C=O) groups is 3. The zero-order valence-electron chi connectivity index (χ0n) is 19.1. The molecule has 2 N–H and O–H groups in total. The van der Waals surface area contributed by atoms with Crippen molar-refractivity contribution in [1.82, 2.24) is 15.5 Å². The van der Waals surface area contributed by atoms with Crippen molar-refractivity contribution in [2.24, 2.45) is 5.92 Å². The molecule has 1 saturated heterocycles. The third-order valence-corrected chi connectivity index (χ3v) is 5.72. The maximum Gasteiger partial charge on any atom is 0.253 e. The van der Waals surface area contributed by atoms with E-state index >= 15 is 0 Å². The molecular formula is C25H30FN3O4. The molecule has 2 aromatic carbocycles. The Kier molecular flexibility index (Phi) is 8.03. The molecule has 1 aliphatic rings. The van der Waals surface area contributed by atoms with E-state index in [1.807, 2.05) is 13.8 Å². The van der Waals surface area contributed by atoms with Crippen LogP contribution in [0.5, 0.6) is 5.75 Å². The first kappa shape index (κ1) is 24.2. The minimum Gasteiger partial charge on any atom is -0.497 e. The average Bonchev–Trinajstić information content (AvgIpc) is 2.81. The Hall–Kier alpha value is -3.42. The van der Waals surface area contributed by atoms with Gasteiger partial charge < -0.3 is 20.3 Å². The number of hydrogen-bond acceptors (Lipinski definition) is 4. The molecule has 3 amide bonds. The maximum absolute atomic E-state index is 13.5. The number of halogens is 1.